The molecule has 3 rings (SSSR count). The fourth-order valence-corrected chi connectivity index (χ4v) is 3.26. The molecular formula is C23H27NO5. The van der Waals surface area contributed by atoms with E-state index in [2.05, 4.69) is 0 Å². The number of amides is 2. The zero-order valence-electron chi connectivity index (χ0n) is 16.8. The molecule has 0 aromatic heterocycles. The summed E-state index contributed by atoms with van der Waals surface area (Å²) in [7, 11) is 0. The number of hydrogen-bond donors (Lipinski definition) is 1. The van der Waals surface area contributed by atoms with Crippen molar-refractivity contribution in [1.82, 2.24) is 4.90 Å². The van der Waals surface area contributed by atoms with Crippen LogP contribution in [0.5, 0.6) is 17.2 Å². The number of imide groups is 1. The molecule has 2 amide bonds. The average molecular weight is 397 g/mol. The fraction of sp³-hybridized carbons (Fsp3) is 0.391. The summed E-state index contributed by atoms with van der Waals surface area (Å²) in [6, 6.07) is 16.5. The van der Waals surface area contributed by atoms with Crippen LogP contribution in [0.2, 0.25) is 0 Å². The number of benzene rings is 2. The van der Waals surface area contributed by atoms with Crippen LogP contribution in [0.4, 0.5) is 0 Å². The number of likely N-dealkylation sites (tertiary alicyclic amines) is 1. The van der Waals surface area contributed by atoms with E-state index in [4.69, 9.17) is 9.47 Å². The van der Waals surface area contributed by atoms with E-state index in [1.54, 1.807) is 24.3 Å². The highest BCUT2D eigenvalue weighted by molar-refractivity contribution is 5.98. The van der Waals surface area contributed by atoms with Crippen molar-refractivity contribution in [3.63, 3.8) is 0 Å². The minimum absolute atomic E-state index is 0.0129. The normalized spacial score (nSPS) is 17.1. The van der Waals surface area contributed by atoms with E-state index in [0.29, 0.717) is 24.3 Å². The van der Waals surface area contributed by atoms with Gasteiger partial charge in [-0.1, -0.05) is 32.0 Å². The van der Waals surface area contributed by atoms with Gasteiger partial charge in [-0.05, 0) is 48.2 Å². The van der Waals surface area contributed by atoms with Crippen LogP contribution in [-0.4, -0.2) is 41.1 Å². The van der Waals surface area contributed by atoms with Gasteiger partial charge in [-0.2, -0.15) is 0 Å². The SMILES string of the molecule is CCC1(C)CC(=O)N(C[C@@H](O)COc2ccc(Oc3ccccc3)cc2)C(=O)C1. The van der Waals surface area contributed by atoms with E-state index in [-0.39, 0.29) is 30.4 Å². The Morgan fingerprint density at radius 1 is 0.966 bits per heavy atom. The molecule has 6 nitrogen and oxygen atoms in total. The molecule has 0 unspecified atom stereocenters. The van der Waals surface area contributed by atoms with E-state index < -0.39 is 6.10 Å². The van der Waals surface area contributed by atoms with Gasteiger partial charge < -0.3 is 14.6 Å². The number of rotatable bonds is 8. The van der Waals surface area contributed by atoms with Crippen molar-refractivity contribution < 1.29 is 24.2 Å². The van der Waals surface area contributed by atoms with Crippen molar-refractivity contribution >= 4 is 11.8 Å². The maximum Gasteiger partial charge on any atom is 0.229 e. The van der Waals surface area contributed by atoms with Crippen molar-refractivity contribution in [2.45, 2.75) is 39.2 Å². The van der Waals surface area contributed by atoms with Gasteiger partial charge in [-0.25, -0.2) is 0 Å². The highest BCUT2D eigenvalue weighted by Crippen LogP contribution is 2.35. The third kappa shape index (κ3) is 5.57. The lowest BCUT2D eigenvalue weighted by Gasteiger charge is -2.37. The largest absolute Gasteiger partial charge is 0.491 e. The Morgan fingerprint density at radius 3 is 2.10 bits per heavy atom. The second kappa shape index (κ2) is 9.09. The van der Waals surface area contributed by atoms with Gasteiger partial charge in [0.1, 0.15) is 30.0 Å². The number of β-amino-alcohol motifs (C(OH)–C–C–N with tert-alkyl or cyclic N) is 1. The van der Waals surface area contributed by atoms with Crippen LogP contribution in [-0.2, 0) is 9.59 Å². The smallest absolute Gasteiger partial charge is 0.229 e. The summed E-state index contributed by atoms with van der Waals surface area (Å²) in [4.78, 5) is 25.8. The van der Waals surface area contributed by atoms with E-state index in [9.17, 15) is 14.7 Å². The molecule has 1 aliphatic heterocycles. The Labute approximate surface area is 171 Å². The summed E-state index contributed by atoms with van der Waals surface area (Å²) in [6.45, 7) is 3.87. The van der Waals surface area contributed by atoms with Gasteiger partial charge in [0.05, 0.1) is 6.54 Å². The van der Waals surface area contributed by atoms with E-state index >= 15 is 0 Å². The van der Waals surface area contributed by atoms with Crippen LogP contribution in [0.3, 0.4) is 0 Å². The number of piperidine rings is 1. The number of ether oxygens (including phenoxy) is 2. The number of nitrogens with zero attached hydrogens (tertiary/aromatic N) is 1. The first-order chi connectivity index (χ1) is 13.9. The molecule has 154 valence electrons. The zero-order valence-corrected chi connectivity index (χ0v) is 16.8. The van der Waals surface area contributed by atoms with E-state index in [1.165, 1.54) is 0 Å². The molecule has 1 heterocycles. The molecule has 1 N–H and O–H groups in total. The first-order valence-electron chi connectivity index (χ1n) is 9.85. The summed E-state index contributed by atoms with van der Waals surface area (Å²) in [5.74, 6) is 1.53. The van der Waals surface area contributed by atoms with Gasteiger partial charge in [0.2, 0.25) is 11.8 Å². The van der Waals surface area contributed by atoms with Crippen molar-refractivity contribution in [1.29, 1.82) is 0 Å². The standard InChI is InChI=1S/C23H27NO5/c1-3-23(2)13-21(26)24(22(27)14-23)15-17(25)16-28-18-9-11-20(12-10-18)29-19-7-5-4-6-8-19/h4-12,17,25H,3,13-16H2,1-2H3/t17-/m1/s1. The molecule has 0 radical (unpaired) electrons. The molecule has 0 aliphatic carbocycles. The van der Waals surface area contributed by atoms with Gasteiger partial charge >= 0.3 is 0 Å². The quantitative estimate of drug-likeness (QED) is 0.686. The average Bonchev–Trinajstić information content (AvgIpc) is 2.71. The van der Waals surface area contributed by atoms with Gasteiger partial charge in [0.15, 0.2) is 0 Å². The van der Waals surface area contributed by atoms with Crippen LogP contribution in [0.15, 0.2) is 54.6 Å². The van der Waals surface area contributed by atoms with Gasteiger partial charge in [-0.3, -0.25) is 14.5 Å². The predicted octanol–water partition coefficient (Wildman–Crippen LogP) is 3.78. The molecule has 6 heteroatoms. The number of hydrogen-bond acceptors (Lipinski definition) is 5. The summed E-state index contributed by atoms with van der Waals surface area (Å²) in [5.41, 5.74) is -0.282. The number of aliphatic hydroxyl groups is 1. The van der Waals surface area contributed by atoms with Crippen molar-refractivity contribution in [2.24, 2.45) is 5.41 Å². The zero-order chi connectivity index (χ0) is 20.9. The number of para-hydroxylation sites is 1. The molecule has 2 aromatic rings. The lowest BCUT2D eigenvalue weighted by Crippen LogP contribution is -2.50. The predicted molar refractivity (Wildman–Crippen MR) is 109 cm³/mol. The second-order valence-electron chi connectivity index (χ2n) is 7.77. The molecule has 1 atom stereocenters. The minimum Gasteiger partial charge on any atom is -0.491 e. The first kappa shape index (κ1) is 20.9. The van der Waals surface area contributed by atoms with Crippen LogP contribution in [0, 0.1) is 5.41 Å². The highest BCUT2D eigenvalue weighted by Gasteiger charge is 2.39. The molecule has 1 fully saturated rings. The van der Waals surface area contributed by atoms with Crippen molar-refractivity contribution in [3.05, 3.63) is 54.6 Å². The highest BCUT2D eigenvalue weighted by atomic mass is 16.5. The second-order valence-corrected chi connectivity index (χ2v) is 7.77. The van der Waals surface area contributed by atoms with Crippen LogP contribution in [0.25, 0.3) is 0 Å². The molecule has 0 spiro atoms. The third-order valence-corrected chi connectivity index (χ3v) is 5.25. The Morgan fingerprint density at radius 2 is 1.52 bits per heavy atom. The molecule has 1 aliphatic rings. The summed E-state index contributed by atoms with van der Waals surface area (Å²) >= 11 is 0. The molecule has 29 heavy (non-hydrogen) atoms. The van der Waals surface area contributed by atoms with Crippen LogP contribution in [0.1, 0.15) is 33.1 Å². The van der Waals surface area contributed by atoms with E-state index in [0.717, 1.165) is 17.1 Å². The Balaban J connectivity index is 1.48. The number of carbonyl (C=O) groups is 2. The maximum absolute atomic E-state index is 12.3. The topological polar surface area (TPSA) is 76.1 Å². The Kier molecular flexibility index (Phi) is 6.54. The van der Waals surface area contributed by atoms with Crippen molar-refractivity contribution in [3.8, 4) is 17.2 Å². The molecule has 2 aromatic carbocycles. The lowest BCUT2D eigenvalue weighted by molar-refractivity contribution is -0.155. The Bertz CT molecular complexity index is 816. The van der Waals surface area contributed by atoms with Gasteiger partial charge in [0.25, 0.3) is 0 Å². The lowest BCUT2D eigenvalue weighted by atomic mass is 9.77. The van der Waals surface area contributed by atoms with Crippen LogP contribution >= 0.6 is 0 Å². The summed E-state index contributed by atoms with van der Waals surface area (Å²) in [6.07, 6.45) is 0.472. The number of carbonyl (C=O) groups excluding carboxylic acids is 2. The maximum atomic E-state index is 12.3. The van der Waals surface area contributed by atoms with E-state index in [1.807, 2.05) is 44.2 Å². The first-order valence-corrected chi connectivity index (χ1v) is 9.85. The number of aliphatic hydroxyl groups excluding tert-OH is 1. The third-order valence-electron chi connectivity index (χ3n) is 5.25. The molecule has 1 saturated heterocycles. The molecule has 0 saturated carbocycles. The fourth-order valence-electron chi connectivity index (χ4n) is 3.26. The summed E-state index contributed by atoms with van der Waals surface area (Å²) in [5, 5.41) is 10.2. The van der Waals surface area contributed by atoms with Gasteiger partial charge in [0, 0.05) is 12.8 Å². The molecular weight excluding hydrogens is 370 g/mol. The monoisotopic (exact) mass is 397 g/mol. The summed E-state index contributed by atoms with van der Waals surface area (Å²) < 4.78 is 11.3. The Hall–Kier alpha value is -2.86. The molecule has 0 bridgehead atoms. The minimum atomic E-state index is -0.950. The van der Waals surface area contributed by atoms with Crippen LogP contribution < -0.4 is 9.47 Å². The van der Waals surface area contributed by atoms with Gasteiger partial charge in [-0.15, -0.1) is 0 Å². The van der Waals surface area contributed by atoms with Crippen molar-refractivity contribution in [2.75, 3.05) is 13.2 Å².